The van der Waals surface area contributed by atoms with Gasteiger partial charge in [-0.15, -0.1) is 0 Å². The number of aromatic nitrogens is 2. The lowest BCUT2D eigenvalue weighted by atomic mass is 10.2. The first kappa shape index (κ1) is 22.1. The van der Waals surface area contributed by atoms with Crippen LogP contribution in [0.25, 0.3) is 10.9 Å². The van der Waals surface area contributed by atoms with Crippen molar-refractivity contribution in [2.75, 3.05) is 43.5 Å². The van der Waals surface area contributed by atoms with Crippen molar-refractivity contribution in [3.63, 3.8) is 0 Å². The van der Waals surface area contributed by atoms with Crippen molar-refractivity contribution < 1.29 is 14.3 Å². The van der Waals surface area contributed by atoms with Crippen LogP contribution in [0.15, 0.2) is 55.0 Å². The number of hydrogen-bond acceptors (Lipinski definition) is 6. The predicted molar refractivity (Wildman–Crippen MR) is 126 cm³/mol. The molecule has 8 nitrogen and oxygen atoms in total. The van der Waals surface area contributed by atoms with Crippen LogP contribution in [0.4, 0.5) is 16.3 Å². The van der Waals surface area contributed by atoms with Gasteiger partial charge in [0.1, 0.15) is 24.5 Å². The Bertz CT molecular complexity index is 1120. The average Bonchev–Trinajstić information content (AvgIpc) is 2.80. The van der Waals surface area contributed by atoms with Gasteiger partial charge in [0.05, 0.1) is 34.5 Å². The minimum absolute atomic E-state index is 0.326. The van der Waals surface area contributed by atoms with Gasteiger partial charge in [-0.1, -0.05) is 29.3 Å². The Balaban J connectivity index is 1.40. The van der Waals surface area contributed by atoms with Crippen LogP contribution in [0.1, 0.15) is 0 Å². The molecule has 3 aromatic rings. The number of rotatable bonds is 6. The Hall–Kier alpha value is -3.07. The summed E-state index contributed by atoms with van der Waals surface area (Å²) in [5.41, 5.74) is 0.966. The zero-order chi connectivity index (χ0) is 22.3. The van der Waals surface area contributed by atoms with Crippen molar-refractivity contribution in [3.8, 4) is 5.75 Å². The van der Waals surface area contributed by atoms with Gasteiger partial charge in [-0.05, 0) is 36.5 Å². The second-order valence-corrected chi connectivity index (χ2v) is 7.74. The zero-order valence-corrected chi connectivity index (χ0v) is 18.6. The van der Waals surface area contributed by atoms with E-state index in [4.69, 9.17) is 32.7 Å². The third-order valence-electron chi connectivity index (χ3n) is 4.75. The second-order valence-electron chi connectivity index (χ2n) is 6.92. The number of amides is 2. The molecule has 1 aromatic heterocycles. The van der Waals surface area contributed by atoms with Gasteiger partial charge in [0, 0.05) is 24.5 Å². The molecule has 0 bridgehead atoms. The molecule has 1 aliphatic heterocycles. The molecule has 0 saturated carbocycles. The molecule has 0 unspecified atom stereocenters. The van der Waals surface area contributed by atoms with Crippen LogP contribution in [0.2, 0.25) is 10.0 Å². The predicted octanol–water partition coefficient (Wildman–Crippen LogP) is 4.81. The van der Waals surface area contributed by atoms with Crippen molar-refractivity contribution in [2.24, 2.45) is 0 Å². The first-order valence-electron chi connectivity index (χ1n) is 9.98. The Morgan fingerprint density at radius 1 is 1.12 bits per heavy atom. The van der Waals surface area contributed by atoms with E-state index in [2.05, 4.69) is 25.5 Å². The average molecular weight is 474 g/mol. The van der Waals surface area contributed by atoms with E-state index in [1.54, 1.807) is 30.3 Å². The number of anilines is 2. The van der Waals surface area contributed by atoms with Crippen LogP contribution >= 0.6 is 23.2 Å². The fourth-order valence-corrected chi connectivity index (χ4v) is 3.65. The van der Waals surface area contributed by atoms with Crippen molar-refractivity contribution >= 4 is 51.6 Å². The molecule has 2 N–H and O–H groups in total. The zero-order valence-electron chi connectivity index (χ0n) is 17.1. The SMILES string of the molecule is O=C(Nc1c(Cl)cccc1Cl)Nc1ncnc2cc(OC/C=C/N3CCOCC3)ccc12. The fourth-order valence-electron chi connectivity index (χ4n) is 3.16. The van der Waals surface area contributed by atoms with E-state index in [1.807, 2.05) is 18.3 Å². The molecule has 2 amide bonds. The van der Waals surface area contributed by atoms with Gasteiger partial charge in [0.25, 0.3) is 0 Å². The molecule has 10 heteroatoms. The third-order valence-corrected chi connectivity index (χ3v) is 5.38. The lowest BCUT2D eigenvalue weighted by molar-refractivity contribution is 0.0591. The molecular weight excluding hydrogens is 453 g/mol. The van der Waals surface area contributed by atoms with E-state index in [1.165, 1.54) is 6.33 Å². The highest BCUT2D eigenvalue weighted by Crippen LogP contribution is 2.30. The largest absolute Gasteiger partial charge is 0.489 e. The molecular formula is C22H21Cl2N5O3. The molecule has 0 atom stereocenters. The van der Waals surface area contributed by atoms with Gasteiger partial charge >= 0.3 is 6.03 Å². The van der Waals surface area contributed by atoms with Crippen LogP contribution < -0.4 is 15.4 Å². The van der Waals surface area contributed by atoms with Crippen LogP contribution in [-0.2, 0) is 4.74 Å². The highest BCUT2D eigenvalue weighted by Gasteiger charge is 2.12. The summed E-state index contributed by atoms with van der Waals surface area (Å²) in [6, 6.07) is 9.86. The maximum Gasteiger partial charge on any atom is 0.324 e. The molecule has 2 heterocycles. The van der Waals surface area contributed by atoms with Gasteiger partial charge in [0.2, 0.25) is 0 Å². The summed E-state index contributed by atoms with van der Waals surface area (Å²) in [5.74, 6) is 1.02. The first-order chi connectivity index (χ1) is 15.6. The Labute approximate surface area is 195 Å². The molecule has 2 aromatic carbocycles. The summed E-state index contributed by atoms with van der Waals surface area (Å²) in [7, 11) is 0. The summed E-state index contributed by atoms with van der Waals surface area (Å²) in [4.78, 5) is 23.1. The topological polar surface area (TPSA) is 88.6 Å². The van der Waals surface area contributed by atoms with E-state index in [0.29, 0.717) is 44.8 Å². The van der Waals surface area contributed by atoms with Crippen LogP contribution in [0.3, 0.4) is 0 Å². The smallest absolute Gasteiger partial charge is 0.324 e. The van der Waals surface area contributed by atoms with Gasteiger partial charge in [-0.3, -0.25) is 5.32 Å². The first-order valence-corrected chi connectivity index (χ1v) is 10.7. The third kappa shape index (κ3) is 5.59. The Kier molecular flexibility index (Phi) is 7.26. The number of morpholine rings is 1. The Morgan fingerprint density at radius 3 is 2.69 bits per heavy atom. The molecule has 0 aliphatic carbocycles. The van der Waals surface area contributed by atoms with Gasteiger partial charge < -0.3 is 19.7 Å². The highest BCUT2D eigenvalue weighted by molar-refractivity contribution is 6.39. The molecule has 32 heavy (non-hydrogen) atoms. The number of fused-ring (bicyclic) bond motifs is 1. The van der Waals surface area contributed by atoms with E-state index in [0.717, 1.165) is 26.3 Å². The molecule has 1 aliphatic rings. The quantitative estimate of drug-likeness (QED) is 0.534. The minimum Gasteiger partial charge on any atom is -0.489 e. The van der Waals surface area contributed by atoms with Crippen LogP contribution in [0.5, 0.6) is 5.75 Å². The van der Waals surface area contributed by atoms with Crippen molar-refractivity contribution in [1.29, 1.82) is 0 Å². The summed E-state index contributed by atoms with van der Waals surface area (Å²) in [5, 5.41) is 6.70. The van der Waals surface area contributed by atoms with E-state index in [9.17, 15) is 4.79 Å². The number of benzene rings is 2. The number of carbonyl (C=O) groups excluding carboxylic acids is 1. The van der Waals surface area contributed by atoms with Crippen molar-refractivity contribution in [2.45, 2.75) is 0 Å². The maximum absolute atomic E-state index is 12.5. The summed E-state index contributed by atoms with van der Waals surface area (Å²) >= 11 is 12.2. The number of carbonyl (C=O) groups is 1. The van der Waals surface area contributed by atoms with Crippen LogP contribution in [-0.4, -0.2) is 53.8 Å². The summed E-state index contributed by atoms with van der Waals surface area (Å²) in [6.45, 7) is 3.69. The van der Waals surface area contributed by atoms with E-state index >= 15 is 0 Å². The number of para-hydroxylation sites is 1. The van der Waals surface area contributed by atoms with Crippen molar-refractivity contribution in [1.82, 2.24) is 14.9 Å². The monoisotopic (exact) mass is 473 g/mol. The normalized spacial score (nSPS) is 14.0. The summed E-state index contributed by atoms with van der Waals surface area (Å²) < 4.78 is 11.1. The number of nitrogens with zero attached hydrogens (tertiary/aromatic N) is 3. The Morgan fingerprint density at radius 2 is 1.91 bits per heavy atom. The van der Waals surface area contributed by atoms with Crippen molar-refractivity contribution in [3.05, 3.63) is 65.0 Å². The van der Waals surface area contributed by atoms with E-state index in [-0.39, 0.29) is 0 Å². The summed E-state index contributed by atoms with van der Waals surface area (Å²) in [6.07, 6.45) is 5.37. The van der Waals surface area contributed by atoms with E-state index < -0.39 is 6.03 Å². The lowest BCUT2D eigenvalue weighted by Gasteiger charge is -2.24. The van der Waals surface area contributed by atoms with Crippen LogP contribution in [0, 0.1) is 0 Å². The number of ether oxygens (including phenoxy) is 2. The van der Waals surface area contributed by atoms with Gasteiger partial charge in [-0.25, -0.2) is 14.8 Å². The molecule has 1 saturated heterocycles. The van der Waals surface area contributed by atoms with Gasteiger partial charge in [0.15, 0.2) is 0 Å². The minimum atomic E-state index is -0.520. The molecule has 166 valence electrons. The second kappa shape index (κ2) is 10.5. The fraction of sp³-hybridized carbons (Fsp3) is 0.227. The molecule has 1 fully saturated rings. The molecule has 4 rings (SSSR count). The number of halogens is 2. The molecule has 0 spiro atoms. The lowest BCUT2D eigenvalue weighted by Crippen LogP contribution is -2.32. The number of hydrogen-bond donors (Lipinski definition) is 2. The molecule has 0 radical (unpaired) electrons. The standard InChI is InChI=1S/C22H21Cl2N5O3/c23-17-3-1-4-18(24)20(17)27-22(30)28-21-16-6-5-15(13-19(16)25-14-26-21)32-10-2-7-29-8-11-31-12-9-29/h1-7,13-14H,8-12H2,(H2,25,26,27,28,30)/b7-2+. The van der Waals surface area contributed by atoms with Gasteiger partial charge in [-0.2, -0.15) is 0 Å². The number of urea groups is 1. The maximum atomic E-state index is 12.5. The highest BCUT2D eigenvalue weighted by atomic mass is 35.5. The number of nitrogens with one attached hydrogen (secondary N) is 2.